The van der Waals surface area contributed by atoms with Crippen LogP contribution in [0.15, 0.2) is 77.7 Å². The number of esters is 1. The Labute approximate surface area is 282 Å². The number of halogens is 2. The quantitative estimate of drug-likeness (QED) is 0.146. The molecule has 1 aliphatic rings. The molecule has 47 heavy (non-hydrogen) atoms. The number of anilines is 2. The SMILES string of the molecule is COC(=O)c1ccc(NC(=O)CN2CCC(Oc3cccc(COc4ccc(Br)cc4F)c3)CC2)c(NCc2cncn2C(C)C)c1. The van der Waals surface area contributed by atoms with Gasteiger partial charge in [-0.3, -0.25) is 9.69 Å². The molecule has 2 heterocycles. The number of hydrogen-bond donors (Lipinski definition) is 2. The first-order valence-corrected chi connectivity index (χ1v) is 16.3. The van der Waals surface area contributed by atoms with Crippen molar-refractivity contribution in [1.29, 1.82) is 0 Å². The number of likely N-dealkylation sites (tertiary alicyclic amines) is 1. The van der Waals surface area contributed by atoms with Gasteiger partial charge < -0.3 is 29.4 Å². The van der Waals surface area contributed by atoms with Crippen LogP contribution in [0.25, 0.3) is 0 Å². The van der Waals surface area contributed by atoms with Crippen molar-refractivity contribution in [2.24, 2.45) is 0 Å². The van der Waals surface area contributed by atoms with Gasteiger partial charge in [0.1, 0.15) is 18.5 Å². The van der Waals surface area contributed by atoms with E-state index >= 15 is 0 Å². The lowest BCUT2D eigenvalue weighted by Crippen LogP contribution is -2.42. The molecule has 10 nitrogen and oxygen atoms in total. The van der Waals surface area contributed by atoms with Gasteiger partial charge in [-0.15, -0.1) is 0 Å². The Morgan fingerprint density at radius 1 is 1.06 bits per heavy atom. The van der Waals surface area contributed by atoms with Gasteiger partial charge >= 0.3 is 5.97 Å². The van der Waals surface area contributed by atoms with E-state index in [9.17, 15) is 14.0 Å². The van der Waals surface area contributed by atoms with Gasteiger partial charge in [0, 0.05) is 29.8 Å². The monoisotopic (exact) mass is 707 g/mol. The standard InChI is InChI=1S/C35H39BrFN5O5/c1-23(2)42-22-38-18-27(42)19-39-32-16-25(35(44)45-3)7-9-31(32)40-34(43)20-41-13-11-28(12-14-41)47-29-6-4-5-24(15-29)21-46-33-10-8-26(36)17-30(33)37/h4-10,15-18,22-23,28,39H,11-14,19-21H2,1-3H3,(H,40,43). The number of benzene rings is 3. The smallest absolute Gasteiger partial charge is 0.337 e. The number of ether oxygens (including phenoxy) is 3. The van der Waals surface area contributed by atoms with Gasteiger partial charge in [-0.05, 0) is 80.8 Å². The molecular weight excluding hydrogens is 669 g/mol. The summed E-state index contributed by atoms with van der Waals surface area (Å²) in [5, 5.41) is 6.36. The van der Waals surface area contributed by atoms with Crippen molar-refractivity contribution in [3.05, 3.63) is 100 Å². The highest BCUT2D eigenvalue weighted by Crippen LogP contribution is 2.27. The number of hydrogen-bond acceptors (Lipinski definition) is 8. The largest absolute Gasteiger partial charge is 0.490 e. The van der Waals surface area contributed by atoms with E-state index in [0.717, 1.165) is 29.8 Å². The lowest BCUT2D eigenvalue weighted by Gasteiger charge is -2.31. The van der Waals surface area contributed by atoms with Crippen LogP contribution in [0.1, 0.15) is 54.3 Å². The van der Waals surface area contributed by atoms with Gasteiger partial charge in [-0.25, -0.2) is 14.2 Å². The Hall–Kier alpha value is -4.42. The first-order chi connectivity index (χ1) is 22.7. The predicted octanol–water partition coefficient (Wildman–Crippen LogP) is 6.83. The van der Waals surface area contributed by atoms with Gasteiger partial charge in [0.2, 0.25) is 5.91 Å². The van der Waals surface area contributed by atoms with Crippen molar-refractivity contribution < 1.29 is 28.2 Å². The third kappa shape index (κ3) is 9.32. The summed E-state index contributed by atoms with van der Waals surface area (Å²) in [6, 6.07) is 17.6. The van der Waals surface area contributed by atoms with E-state index in [2.05, 4.69) is 54.9 Å². The number of piperidine rings is 1. The van der Waals surface area contributed by atoms with Crippen molar-refractivity contribution in [3.8, 4) is 11.5 Å². The molecule has 0 radical (unpaired) electrons. The average Bonchev–Trinajstić information content (AvgIpc) is 3.54. The number of nitrogens with one attached hydrogen (secondary N) is 2. The van der Waals surface area contributed by atoms with Crippen LogP contribution < -0.4 is 20.1 Å². The second-order valence-corrected chi connectivity index (χ2v) is 12.6. The van der Waals surface area contributed by atoms with Crippen molar-refractivity contribution >= 4 is 39.2 Å². The maximum absolute atomic E-state index is 14.1. The summed E-state index contributed by atoms with van der Waals surface area (Å²) < 4.78 is 33.6. The van der Waals surface area contributed by atoms with Crippen LogP contribution in [0.2, 0.25) is 0 Å². The summed E-state index contributed by atoms with van der Waals surface area (Å²) in [5.41, 5.74) is 3.41. The molecule has 4 aromatic rings. The summed E-state index contributed by atoms with van der Waals surface area (Å²) in [5.74, 6) is -0.117. The lowest BCUT2D eigenvalue weighted by molar-refractivity contribution is -0.117. The normalized spacial score (nSPS) is 13.7. The van der Waals surface area contributed by atoms with Gasteiger partial charge in [-0.1, -0.05) is 28.1 Å². The molecule has 0 spiro atoms. The molecule has 5 rings (SSSR count). The van der Waals surface area contributed by atoms with Crippen LogP contribution in [-0.4, -0.2) is 59.2 Å². The van der Waals surface area contributed by atoms with E-state index in [1.807, 2.05) is 24.3 Å². The molecule has 0 aliphatic carbocycles. The van der Waals surface area contributed by atoms with Crippen LogP contribution in [0.4, 0.5) is 15.8 Å². The van der Waals surface area contributed by atoms with Crippen molar-refractivity contribution in [3.63, 3.8) is 0 Å². The lowest BCUT2D eigenvalue weighted by atomic mass is 10.1. The van der Waals surface area contributed by atoms with Gasteiger partial charge in [0.05, 0.1) is 49.2 Å². The van der Waals surface area contributed by atoms with Crippen molar-refractivity contribution in [1.82, 2.24) is 14.5 Å². The zero-order chi connectivity index (χ0) is 33.3. The van der Waals surface area contributed by atoms with Gasteiger partial charge in [0.25, 0.3) is 0 Å². The molecule has 1 fully saturated rings. The average molecular weight is 709 g/mol. The Balaban J connectivity index is 1.12. The van der Waals surface area contributed by atoms with Crippen LogP contribution in [0.3, 0.4) is 0 Å². The number of amides is 1. The van der Waals surface area contributed by atoms with Crippen molar-refractivity contribution in [2.45, 2.75) is 52.0 Å². The fraction of sp³-hybridized carbons (Fsp3) is 0.343. The maximum Gasteiger partial charge on any atom is 0.337 e. The molecule has 0 unspecified atom stereocenters. The highest BCUT2D eigenvalue weighted by Gasteiger charge is 2.23. The Morgan fingerprint density at radius 3 is 2.62 bits per heavy atom. The third-order valence-electron chi connectivity index (χ3n) is 7.87. The van der Waals surface area contributed by atoms with Crippen LogP contribution in [0, 0.1) is 5.82 Å². The van der Waals surface area contributed by atoms with E-state index in [-0.39, 0.29) is 37.0 Å². The zero-order valence-corrected chi connectivity index (χ0v) is 28.3. The summed E-state index contributed by atoms with van der Waals surface area (Å²) in [6.45, 7) is 6.46. The van der Waals surface area contributed by atoms with Crippen molar-refractivity contribution in [2.75, 3.05) is 37.4 Å². The number of methoxy groups -OCH3 is 1. The Kier molecular flexibility index (Phi) is 11.5. The molecule has 3 aromatic carbocycles. The molecule has 12 heteroatoms. The summed E-state index contributed by atoms with van der Waals surface area (Å²) in [6.07, 6.45) is 5.12. The number of carbonyl (C=O) groups is 2. The van der Waals surface area contributed by atoms with E-state index in [0.29, 0.717) is 41.0 Å². The van der Waals surface area contributed by atoms with E-state index in [1.165, 1.54) is 13.2 Å². The minimum absolute atomic E-state index is 0.00958. The molecule has 0 atom stereocenters. The molecule has 1 saturated heterocycles. The topological polar surface area (TPSA) is 107 Å². The van der Waals surface area contributed by atoms with Crippen LogP contribution in [-0.2, 0) is 22.7 Å². The molecule has 1 amide bonds. The number of nitrogens with zero attached hydrogens (tertiary/aromatic N) is 3. The van der Waals surface area contributed by atoms with E-state index < -0.39 is 11.8 Å². The summed E-state index contributed by atoms with van der Waals surface area (Å²) in [7, 11) is 1.34. The second-order valence-electron chi connectivity index (χ2n) is 11.6. The van der Waals surface area contributed by atoms with E-state index in [4.69, 9.17) is 14.2 Å². The highest BCUT2D eigenvalue weighted by molar-refractivity contribution is 9.10. The zero-order valence-electron chi connectivity index (χ0n) is 26.7. The fourth-order valence-electron chi connectivity index (χ4n) is 5.40. The molecule has 1 aromatic heterocycles. The molecule has 1 aliphatic heterocycles. The Morgan fingerprint density at radius 2 is 1.87 bits per heavy atom. The number of aromatic nitrogens is 2. The molecule has 2 N–H and O–H groups in total. The summed E-state index contributed by atoms with van der Waals surface area (Å²) >= 11 is 3.25. The Bertz CT molecular complexity index is 1690. The van der Waals surface area contributed by atoms with E-state index in [1.54, 1.807) is 42.9 Å². The number of rotatable bonds is 13. The fourth-order valence-corrected chi connectivity index (χ4v) is 5.73. The highest BCUT2D eigenvalue weighted by atomic mass is 79.9. The van der Waals surface area contributed by atoms with Crippen LogP contribution >= 0.6 is 15.9 Å². The first-order valence-electron chi connectivity index (χ1n) is 15.5. The summed E-state index contributed by atoms with van der Waals surface area (Å²) in [4.78, 5) is 31.7. The molecule has 0 saturated carbocycles. The minimum Gasteiger partial charge on any atom is -0.490 e. The number of carbonyl (C=O) groups excluding carboxylic acids is 2. The minimum atomic E-state index is -0.459. The molecule has 0 bridgehead atoms. The predicted molar refractivity (Wildman–Crippen MR) is 181 cm³/mol. The molecular formula is C35H39BrFN5O5. The van der Waals surface area contributed by atoms with Gasteiger partial charge in [0.15, 0.2) is 11.6 Å². The van der Waals surface area contributed by atoms with Crippen LogP contribution in [0.5, 0.6) is 11.5 Å². The molecule has 248 valence electrons. The third-order valence-corrected chi connectivity index (χ3v) is 8.36. The number of imidazole rings is 1. The van der Waals surface area contributed by atoms with Gasteiger partial charge in [-0.2, -0.15) is 0 Å². The second kappa shape index (κ2) is 15.9. The maximum atomic E-state index is 14.1. The first kappa shape index (κ1) is 33.9.